The first-order chi connectivity index (χ1) is 23.1. The molecule has 0 aromatic heterocycles. The monoisotopic (exact) mass is 652 g/mol. The summed E-state index contributed by atoms with van der Waals surface area (Å²) in [5.74, 6) is -2.03. The molecular formula is C37H36N2O9. The molecule has 0 saturated carbocycles. The topological polar surface area (TPSA) is 155 Å². The molecule has 1 fully saturated rings. The third kappa shape index (κ3) is 7.15. The third-order valence-electron chi connectivity index (χ3n) is 8.68. The van der Waals surface area contributed by atoms with E-state index in [-0.39, 0.29) is 47.2 Å². The zero-order valence-corrected chi connectivity index (χ0v) is 26.4. The van der Waals surface area contributed by atoms with Gasteiger partial charge >= 0.3 is 11.9 Å². The zero-order valence-electron chi connectivity index (χ0n) is 26.4. The van der Waals surface area contributed by atoms with Crippen LogP contribution in [0.1, 0.15) is 78.7 Å². The van der Waals surface area contributed by atoms with Gasteiger partial charge in [0.25, 0.3) is 5.91 Å². The predicted molar refractivity (Wildman–Crippen MR) is 174 cm³/mol. The Bertz CT molecular complexity index is 1830. The van der Waals surface area contributed by atoms with Gasteiger partial charge in [0.2, 0.25) is 0 Å². The summed E-state index contributed by atoms with van der Waals surface area (Å²) in [6, 6.07) is 25.4. The molecule has 0 radical (unpaired) electrons. The quantitative estimate of drug-likeness (QED) is 0.137. The molecule has 11 heteroatoms. The number of carbonyl (C=O) groups is 3. The molecule has 48 heavy (non-hydrogen) atoms. The summed E-state index contributed by atoms with van der Waals surface area (Å²) < 4.78 is 17.7. The van der Waals surface area contributed by atoms with Crippen molar-refractivity contribution in [1.29, 1.82) is 0 Å². The van der Waals surface area contributed by atoms with E-state index in [1.807, 2.05) is 49.2 Å². The number of nitrogens with one attached hydrogen (secondary N) is 1. The second kappa shape index (κ2) is 14.1. The summed E-state index contributed by atoms with van der Waals surface area (Å²) in [6.07, 6.45) is -2.35. The number of phenolic OH excluding ortho intramolecular Hbond substituents is 1. The number of cyclic esters (lactones) is 2. The second-order valence-corrected chi connectivity index (χ2v) is 12.2. The molecule has 248 valence electrons. The molecule has 11 nitrogen and oxygen atoms in total. The number of benzene rings is 4. The fraction of sp³-hybridized carbons (Fsp3) is 0.270. The normalized spacial score (nSPS) is 21.1. The van der Waals surface area contributed by atoms with Crippen LogP contribution in [0.15, 0.2) is 91.0 Å². The Morgan fingerprint density at radius 2 is 1.65 bits per heavy atom. The molecule has 2 aliphatic heterocycles. The zero-order chi connectivity index (χ0) is 33.9. The first-order valence-corrected chi connectivity index (χ1v) is 15.6. The second-order valence-electron chi connectivity index (χ2n) is 12.2. The van der Waals surface area contributed by atoms with Crippen LogP contribution in [-0.4, -0.2) is 64.3 Å². The van der Waals surface area contributed by atoms with Crippen LogP contribution in [0.3, 0.4) is 0 Å². The van der Waals surface area contributed by atoms with Crippen molar-refractivity contribution in [3.05, 3.63) is 130 Å². The molecule has 4 aromatic rings. The molecule has 6 rings (SSSR count). The van der Waals surface area contributed by atoms with Crippen LogP contribution in [0.5, 0.6) is 5.75 Å². The van der Waals surface area contributed by atoms with E-state index in [9.17, 15) is 29.7 Å². The van der Waals surface area contributed by atoms with Gasteiger partial charge in [-0.25, -0.2) is 9.59 Å². The van der Waals surface area contributed by atoms with Crippen LogP contribution >= 0.6 is 0 Å². The molecule has 4 N–H and O–H groups in total. The highest BCUT2D eigenvalue weighted by atomic mass is 16.7. The largest absolute Gasteiger partial charge is 0.508 e. The molecule has 4 aromatic carbocycles. The number of esters is 2. The Morgan fingerprint density at radius 1 is 0.896 bits per heavy atom. The van der Waals surface area contributed by atoms with Gasteiger partial charge in [0, 0.05) is 35.8 Å². The van der Waals surface area contributed by atoms with Crippen molar-refractivity contribution in [3.63, 3.8) is 0 Å². The molecule has 0 bridgehead atoms. The van der Waals surface area contributed by atoms with Crippen LogP contribution in [0.2, 0.25) is 0 Å². The first-order valence-electron chi connectivity index (χ1n) is 15.6. The Labute approximate surface area is 277 Å². The van der Waals surface area contributed by atoms with Crippen LogP contribution in [0.4, 0.5) is 5.69 Å². The fourth-order valence-corrected chi connectivity index (χ4v) is 6.04. The number of aliphatic hydroxyl groups is 2. The number of amides is 1. The van der Waals surface area contributed by atoms with Crippen molar-refractivity contribution in [2.45, 2.75) is 38.1 Å². The third-order valence-corrected chi connectivity index (χ3v) is 8.68. The number of fused-ring (bicyclic) bond motifs is 1. The van der Waals surface area contributed by atoms with Crippen molar-refractivity contribution >= 4 is 23.5 Å². The number of aromatic hydroxyl groups is 1. The van der Waals surface area contributed by atoms with Gasteiger partial charge in [0.15, 0.2) is 6.29 Å². The van der Waals surface area contributed by atoms with Gasteiger partial charge in [-0.3, -0.25) is 4.79 Å². The lowest BCUT2D eigenvalue weighted by atomic mass is 9.90. The van der Waals surface area contributed by atoms with Crippen LogP contribution in [0.25, 0.3) is 0 Å². The van der Waals surface area contributed by atoms with Crippen molar-refractivity contribution in [2.24, 2.45) is 5.92 Å². The Kier molecular flexibility index (Phi) is 9.67. The van der Waals surface area contributed by atoms with E-state index >= 15 is 0 Å². The summed E-state index contributed by atoms with van der Waals surface area (Å²) in [7, 11) is 1.89. The van der Waals surface area contributed by atoms with E-state index in [1.54, 1.807) is 42.5 Å². The molecule has 0 aliphatic carbocycles. The SMILES string of the molecule is CC1C(CN(C)CC(O)c2cccc(O)c2)OC(c2cccc(NC(=O)c3ccc4c(c3)C(=O)OC4=O)c2)OC1c1ccc(CO)cc1. The highest BCUT2D eigenvalue weighted by Crippen LogP contribution is 2.42. The maximum Gasteiger partial charge on any atom is 0.346 e. The van der Waals surface area contributed by atoms with Crippen molar-refractivity contribution in [2.75, 3.05) is 25.5 Å². The van der Waals surface area contributed by atoms with Crippen molar-refractivity contribution < 1.29 is 43.9 Å². The van der Waals surface area contributed by atoms with Crippen molar-refractivity contribution in [3.8, 4) is 5.75 Å². The van der Waals surface area contributed by atoms with Crippen LogP contribution in [0, 0.1) is 5.92 Å². The Hall–Kier alpha value is -4.91. The van der Waals surface area contributed by atoms with Gasteiger partial charge < -0.3 is 39.7 Å². The highest BCUT2D eigenvalue weighted by Gasteiger charge is 2.39. The molecule has 1 saturated heterocycles. The van der Waals surface area contributed by atoms with E-state index in [0.29, 0.717) is 29.9 Å². The minimum Gasteiger partial charge on any atom is -0.508 e. The summed E-state index contributed by atoms with van der Waals surface area (Å²) in [5, 5.41) is 33.1. The number of hydrogen-bond donors (Lipinski definition) is 4. The van der Waals surface area contributed by atoms with E-state index < -0.39 is 30.2 Å². The van der Waals surface area contributed by atoms with Crippen LogP contribution in [-0.2, 0) is 20.8 Å². The molecular weight excluding hydrogens is 616 g/mol. The number of aliphatic hydroxyl groups excluding tert-OH is 2. The molecule has 0 spiro atoms. The smallest absolute Gasteiger partial charge is 0.346 e. The Morgan fingerprint density at radius 3 is 2.40 bits per heavy atom. The lowest BCUT2D eigenvalue weighted by Gasteiger charge is -2.42. The number of hydrogen-bond acceptors (Lipinski definition) is 10. The lowest BCUT2D eigenvalue weighted by molar-refractivity contribution is -0.276. The predicted octanol–water partition coefficient (Wildman–Crippen LogP) is 4.90. The average Bonchev–Trinajstić information content (AvgIpc) is 3.37. The number of phenols is 1. The highest BCUT2D eigenvalue weighted by molar-refractivity contribution is 6.16. The molecule has 2 heterocycles. The number of anilines is 1. The minimum absolute atomic E-state index is 0.0445. The van der Waals surface area contributed by atoms with Gasteiger partial charge in [0.1, 0.15) is 5.75 Å². The van der Waals surface area contributed by atoms with E-state index in [4.69, 9.17) is 9.47 Å². The molecule has 5 unspecified atom stereocenters. The number of carbonyl (C=O) groups excluding carboxylic acids is 3. The molecule has 1 amide bonds. The average molecular weight is 653 g/mol. The van der Waals surface area contributed by atoms with E-state index in [0.717, 1.165) is 11.1 Å². The Balaban J connectivity index is 1.21. The number of nitrogens with zero attached hydrogens (tertiary/aromatic N) is 1. The summed E-state index contributed by atoms with van der Waals surface area (Å²) in [6.45, 7) is 2.73. The minimum atomic E-state index is -0.827. The van der Waals surface area contributed by atoms with Gasteiger partial charge in [-0.1, -0.05) is 55.5 Å². The van der Waals surface area contributed by atoms with E-state index in [2.05, 4.69) is 10.1 Å². The fourth-order valence-electron chi connectivity index (χ4n) is 6.04. The van der Waals surface area contributed by atoms with E-state index in [1.165, 1.54) is 18.2 Å². The molecule has 2 aliphatic rings. The van der Waals surface area contributed by atoms with Crippen molar-refractivity contribution in [1.82, 2.24) is 4.90 Å². The maximum atomic E-state index is 13.1. The van der Waals surface area contributed by atoms with Gasteiger partial charge in [0.05, 0.1) is 36.0 Å². The number of rotatable bonds is 10. The van der Waals surface area contributed by atoms with Gasteiger partial charge in [-0.15, -0.1) is 0 Å². The summed E-state index contributed by atoms with van der Waals surface area (Å²) in [5.41, 5.74) is 3.78. The number of likely N-dealkylation sites (N-methyl/N-ethyl adjacent to an activating group) is 1. The maximum absolute atomic E-state index is 13.1. The first kappa shape index (κ1) is 33.0. The van der Waals surface area contributed by atoms with Gasteiger partial charge in [-0.05, 0) is 66.2 Å². The van der Waals surface area contributed by atoms with Crippen LogP contribution < -0.4 is 5.32 Å². The molecule has 5 atom stereocenters. The summed E-state index contributed by atoms with van der Waals surface area (Å²) >= 11 is 0. The summed E-state index contributed by atoms with van der Waals surface area (Å²) in [4.78, 5) is 38.9. The lowest BCUT2D eigenvalue weighted by Crippen LogP contribution is -2.44. The number of ether oxygens (including phenoxy) is 3. The van der Waals surface area contributed by atoms with Gasteiger partial charge in [-0.2, -0.15) is 0 Å². The standard InChI is InChI=1S/C37H36N2O9/c1-21-32(19-39(2)18-31(42)24-5-4-8-28(41)16-24)46-37(47-33(21)23-11-9-22(20-40)10-12-23)26-6-3-7-27(15-26)38-34(43)25-13-14-29-30(17-25)36(45)48-35(29)44/h3-17,21,31-33,37,40-42H,18-20H2,1-2H3,(H,38,43).